The van der Waals surface area contributed by atoms with E-state index in [4.69, 9.17) is 15.2 Å². The Morgan fingerprint density at radius 3 is 2.72 bits per heavy atom. The molecular formula is C14H24N2O2. The van der Waals surface area contributed by atoms with Crippen molar-refractivity contribution in [3.8, 4) is 0 Å². The zero-order chi connectivity index (χ0) is 14.0. The predicted molar refractivity (Wildman–Crippen MR) is 76.4 cm³/mol. The minimum Gasteiger partial charge on any atom is -0.489 e. The third-order valence-corrected chi connectivity index (χ3v) is 2.15. The SMILES string of the molecule is C=C/C(OCC1CN=C(N)O1)=C(C)\C=C/C.CC. The van der Waals surface area contributed by atoms with E-state index in [9.17, 15) is 0 Å². The third kappa shape index (κ3) is 5.57. The van der Waals surface area contributed by atoms with Crippen LogP contribution < -0.4 is 5.73 Å². The van der Waals surface area contributed by atoms with Crippen molar-refractivity contribution in [3.63, 3.8) is 0 Å². The first-order valence-electron chi connectivity index (χ1n) is 6.22. The molecule has 4 nitrogen and oxygen atoms in total. The van der Waals surface area contributed by atoms with E-state index in [0.717, 1.165) is 11.3 Å². The molecule has 0 spiro atoms. The van der Waals surface area contributed by atoms with Gasteiger partial charge < -0.3 is 15.2 Å². The second-order valence-electron chi connectivity index (χ2n) is 3.48. The maximum absolute atomic E-state index is 5.59. The van der Waals surface area contributed by atoms with Crippen molar-refractivity contribution in [2.24, 2.45) is 10.7 Å². The van der Waals surface area contributed by atoms with Crippen molar-refractivity contribution in [1.82, 2.24) is 0 Å². The molecule has 0 radical (unpaired) electrons. The van der Waals surface area contributed by atoms with Crippen LogP contribution in [0.1, 0.15) is 27.7 Å². The first kappa shape index (κ1) is 16.3. The average Bonchev–Trinajstić information content (AvgIpc) is 2.79. The maximum Gasteiger partial charge on any atom is 0.282 e. The smallest absolute Gasteiger partial charge is 0.282 e. The van der Waals surface area contributed by atoms with Gasteiger partial charge in [-0.15, -0.1) is 0 Å². The zero-order valence-electron chi connectivity index (χ0n) is 11.8. The number of allylic oxidation sites excluding steroid dienone is 4. The summed E-state index contributed by atoms with van der Waals surface area (Å²) in [6.07, 6.45) is 5.52. The van der Waals surface area contributed by atoms with Crippen molar-refractivity contribution in [1.29, 1.82) is 0 Å². The number of amidine groups is 1. The molecule has 18 heavy (non-hydrogen) atoms. The largest absolute Gasteiger partial charge is 0.489 e. The highest BCUT2D eigenvalue weighted by atomic mass is 16.6. The van der Waals surface area contributed by atoms with Crippen molar-refractivity contribution in [2.45, 2.75) is 33.8 Å². The fourth-order valence-electron chi connectivity index (χ4n) is 1.37. The van der Waals surface area contributed by atoms with Crippen LogP contribution in [0.25, 0.3) is 0 Å². The number of rotatable bonds is 5. The Morgan fingerprint density at radius 1 is 1.61 bits per heavy atom. The predicted octanol–water partition coefficient (Wildman–Crippen LogP) is 2.78. The molecule has 1 aliphatic heterocycles. The van der Waals surface area contributed by atoms with Crippen LogP contribution in [0.3, 0.4) is 0 Å². The summed E-state index contributed by atoms with van der Waals surface area (Å²) in [7, 11) is 0. The number of nitrogens with two attached hydrogens (primary N) is 1. The lowest BCUT2D eigenvalue weighted by Crippen LogP contribution is -2.22. The minimum atomic E-state index is -0.0895. The minimum absolute atomic E-state index is 0.0895. The van der Waals surface area contributed by atoms with Crippen LogP contribution >= 0.6 is 0 Å². The summed E-state index contributed by atoms with van der Waals surface area (Å²) in [6.45, 7) is 12.6. The molecule has 1 atom stereocenters. The monoisotopic (exact) mass is 252 g/mol. The Balaban J connectivity index is 0.00000137. The number of hydrogen-bond acceptors (Lipinski definition) is 4. The summed E-state index contributed by atoms with van der Waals surface area (Å²) in [5, 5.41) is 0. The van der Waals surface area contributed by atoms with Gasteiger partial charge in [0.05, 0.1) is 6.54 Å². The summed E-state index contributed by atoms with van der Waals surface area (Å²) in [6, 6.07) is 0.239. The van der Waals surface area contributed by atoms with Gasteiger partial charge in [0, 0.05) is 0 Å². The molecule has 0 aromatic rings. The summed E-state index contributed by atoms with van der Waals surface area (Å²) in [5.74, 6) is 0.757. The van der Waals surface area contributed by atoms with E-state index in [2.05, 4.69) is 11.6 Å². The third-order valence-electron chi connectivity index (χ3n) is 2.15. The van der Waals surface area contributed by atoms with Crippen molar-refractivity contribution in [2.75, 3.05) is 13.2 Å². The van der Waals surface area contributed by atoms with Crippen LogP contribution in [0.5, 0.6) is 0 Å². The number of hydrogen-bond donors (Lipinski definition) is 1. The van der Waals surface area contributed by atoms with E-state index in [1.165, 1.54) is 0 Å². The second-order valence-corrected chi connectivity index (χ2v) is 3.48. The average molecular weight is 252 g/mol. The van der Waals surface area contributed by atoms with Crippen LogP contribution in [0.2, 0.25) is 0 Å². The first-order valence-corrected chi connectivity index (χ1v) is 6.22. The first-order chi connectivity index (χ1) is 8.67. The summed E-state index contributed by atoms with van der Waals surface area (Å²) in [4.78, 5) is 3.94. The van der Waals surface area contributed by atoms with E-state index in [1.807, 2.05) is 39.8 Å². The highest BCUT2D eigenvalue weighted by molar-refractivity contribution is 5.72. The molecular weight excluding hydrogens is 228 g/mol. The topological polar surface area (TPSA) is 56.8 Å². The Kier molecular flexibility index (Phi) is 8.45. The molecule has 0 aliphatic carbocycles. The van der Waals surface area contributed by atoms with E-state index < -0.39 is 0 Å². The van der Waals surface area contributed by atoms with Crippen LogP contribution in [-0.2, 0) is 9.47 Å². The van der Waals surface area contributed by atoms with Gasteiger partial charge in [0.2, 0.25) is 0 Å². The molecule has 0 amide bonds. The molecule has 1 rings (SSSR count). The second kappa shape index (κ2) is 9.33. The number of aliphatic imine (C=N–C) groups is 1. The highest BCUT2D eigenvalue weighted by Crippen LogP contribution is 2.11. The van der Waals surface area contributed by atoms with Gasteiger partial charge in [-0.3, -0.25) is 0 Å². The lowest BCUT2D eigenvalue weighted by molar-refractivity contribution is 0.103. The van der Waals surface area contributed by atoms with Gasteiger partial charge >= 0.3 is 0 Å². The van der Waals surface area contributed by atoms with E-state index in [1.54, 1.807) is 6.08 Å². The van der Waals surface area contributed by atoms with E-state index in [0.29, 0.717) is 13.2 Å². The Bertz CT molecular complexity index is 344. The summed E-state index contributed by atoms with van der Waals surface area (Å²) in [5.41, 5.74) is 6.43. The standard InChI is InChI=1S/C12H18N2O2.C2H6/c1-4-6-9(3)11(5-2)15-8-10-7-14-12(13)16-10;1-2/h4-6,10H,2,7-8H2,1,3H3,(H2,13,14);1-2H3/b6-4-,11-9+;. The normalized spacial score (nSPS) is 19.3. The van der Waals surface area contributed by atoms with Gasteiger partial charge in [-0.2, -0.15) is 0 Å². The van der Waals surface area contributed by atoms with Crippen LogP contribution in [-0.4, -0.2) is 25.3 Å². The van der Waals surface area contributed by atoms with Crippen LogP contribution in [0.4, 0.5) is 0 Å². The molecule has 4 heteroatoms. The Hall–Kier alpha value is -1.71. The van der Waals surface area contributed by atoms with Gasteiger partial charge in [0.1, 0.15) is 12.4 Å². The van der Waals surface area contributed by atoms with Gasteiger partial charge in [-0.25, -0.2) is 4.99 Å². The summed E-state index contributed by atoms with van der Waals surface area (Å²) >= 11 is 0. The lowest BCUT2D eigenvalue weighted by Gasteiger charge is -2.13. The molecule has 0 aromatic carbocycles. The molecule has 0 fully saturated rings. The Morgan fingerprint density at radius 2 is 2.28 bits per heavy atom. The zero-order valence-corrected chi connectivity index (χ0v) is 11.8. The Labute approximate surface area is 110 Å². The fraction of sp³-hybridized carbons (Fsp3) is 0.500. The van der Waals surface area contributed by atoms with Crippen LogP contribution in [0.15, 0.2) is 41.1 Å². The number of nitrogens with zero attached hydrogens (tertiary/aromatic N) is 1. The van der Waals surface area contributed by atoms with E-state index in [-0.39, 0.29) is 12.1 Å². The van der Waals surface area contributed by atoms with Gasteiger partial charge in [0.15, 0.2) is 6.10 Å². The maximum atomic E-state index is 5.59. The molecule has 1 unspecified atom stereocenters. The quantitative estimate of drug-likeness (QED) is 0.604. The van der Waals surface area contributed by atoms with Crippen molar-refractivity contribution >= 4 is 6.02 Å². The fourth-order valence-corrected chi connectivity index (χ4v) is 1.37. The van der Waals surface area contributed by atoms with Gasteiger partial charge in [0.25, 0.3) is 6.02 Å². The molecule has 0 bridgehead atoms. The van der Waals surface area contributed by atoms with Crippen LogP contribution in [0, 0.1) is 0 Å². The molecule has 0 saturated heterocycles. The molecule has 102 valence electrons. The highest BCUT2D eigenvalue weighted by Gasteiger charge is 2.18. The summed E-state index contributed by atoms with van der Waals surface area (Å²) < 4.78 is 10.8. The molecule has 2 N–H and O–H groups in total. The molecule has 1 heterocycles. The number of ether oxygens (including phenoxy) is 2. The van der Waals surface area contributed by atoms with Crippen molar-refractivity contribution < 1.29 is 9.47 Å². The van der Waals surface area contributed by atoms with Gasteiger partial charge in [-0.05, 0) is 25.5 Å². The van der Waals surface area contributed by atoms with E-state index >= 15 is 0 Å². The van der Waals surface area contributed by atoms with Crippen molar-refractivity contribution in [3.05, 3.63) is 36.1 Å². The lowest BCUT2D eigenvalue weighted by atomic mass is 10.2. The molecule has 0 saturated carbocycles. The molecule has 1 aliphatic rings. The molecule has 0 aromatic heterocycles. The van der Waals surface area contributed by atoms with Gasteiger partial charge in [-0.1, -0.05) is 32.6 Å².